The second kappa shape index (κ2) is 8.22. The van der Waals surface area contributed by atoms with Crippen LogP contribution in [0, 0.1) is 0 Å². The third-order valence-electron chi connectivity index (χ3n) is 3.35. The maximum Gasteiger partial charge on any atom is 0.248 e. The van der Waals surface area contributed by atoms with Gasteiger partial charge in [0, 0.05) is 20.2 Å². The summed E-state index contributed by atoms with van der Waals surface area (Å²) in [6.07, 6.45) is 0.850. The molecule has 0 unspecified atom stereocenters. The highest BCUT2D eigenvalue weighted by Crippen LogP contribution is 2.08. The zero-order valence-electron chi connectivity index (χ0n) is 12.4. The standard InChI is InChI=1S/C18H21NO2/c1-21-15-18(20)19(14-17-10-6-3-7-11-17)13-12-16-8-4-2-5-9-16/h2-11H,12-15H2,1H3. The molecule has 3 nitrogen and oxygen atoms in total. The zero-order chi connectivity index (χ0) is 14.9. The molecule has 0 heterocycles. The summed E-state index contributed by atoms with van der Waals surface area (Å²) in [6.45, 7) is 1.44. The third kappa shape index (κ3) is 5.04. The highest BCUT2D eigenvalue weighted by Gasteiger charge is 2.13. The number of carbonyl (C=O) groups excluding carboxylic acids is 1. The normalized spacial score (nSPS) is 10.3. The SMILES string of the molecule is COCC(=O)N(CCc1ccccc1)Cc1ccccc1. The van der Waals surface area contributed by atoms with Crippen molar-refractivity contribution in [3.63, 3.8) is 0 Å². The van der Waals surface area contributed by atoms with Crippen LogP contribution in [0.3, 0.4) is 0 Å². The van der Waals surface area contributed by atoms with Gasteiger partial charge < -0.3 is 9.64 Å². The number of ether oxygens (including phenoxy) is 1. The number of amides is 1. The summed E-state index contributed by atoms with van der Waals surface area (Å²) in [5.74, 6) is 0.0253. The van der Waals surface area contributed by atoms with Crippen LogP contribution in [0.4, 0.5) is 0 Å². The topological polar surface area (TPSA) is 29.5 Å². The van der Waals surface area contributed by atoms with Gasteiger partial charge in [0.15, 0.2) is 0 Å². The highest BCUT2D eigenvalue weighted by atomic mass is 16.5. The minimum absolute atomic E-state index is 0.0253. The van der Waals surface area contributed by atoms with Crippen molar-refractivity contribution in [2.45, 2.75) is 13.0 Å². The van der Waals surface area contributed by atoms with Crippen LogP contribution >= 0.6 is 0 Å². The van der Waals surface area contributed by atoms with Gasteiger partial charge in [-0.3, -0.25) is 4.79 Å². The molecule has 0 saturated carbocycles. The van der Waals surface area contributed by atoms with E-state index in [0.29, 0.717) is 13.1 Å². The molecule has 2 aromatic carbocycles. The summed E-state index contributed by atoms with van der Waals surface area (Å²) < 4.78 is 4.98. The minimum atomic E-state index is 0.0253. The molecular weight excluding hydrogens is 262 g/mol. The van der Waals surface area contributed by atoms with Gasteiger partial charge in [-0.15, -0.1) is 0 Å². The lowest BCUT2D eigenvalue weighted by atomic mass is 10.1. The molecule has 0 fully saturated rings. The first kappa shape index (κ1) is 15.3. The van der Waals surface area contributed by atoms with Gasteiger partial charge in [0.05, 0.1) is 0 Å². The fourth-order valence-corrected chi connectivity index (χ4v) is 2.22. The van der Waals surface area contributed by atoms with E-state index in [4.69, 9.17) is 4.74 Å². The number of hydrogen-bond acceptors (Lipinski definition) is 2. The summed E-state index contributed by atoms with van der Waals surface area (Å²) in [5.41, 5.74) is 2.37. The molecule has 0 N–H and O–H groups in total. The number of hydrogen-bond donors (Lipinski definition) is 0. The van der Waals surface area contributed by atoms with Crippen molar-refractivity contribution >= 4 is 5.91 Å². The zero-order valence-corrected chi connectivity index (χ0v) is 12.4. The van der Waals surface area contributed by atoms with E-state index in [-0.39, 0.29) is 12.5 Å². The Labute approximate surface area is 126 Å². The van der Waals surface area contributed by atoms with Gasteiger partial charge in [-0.1, -0.05) is 60.7 Å². The Balaban J connectivity index is 2.00. The number of nitrogens with zero attached hydrogens (tertiary/aromatic N) is 1. The molecule has 3 heteroatoms. The highest BCUT2D eigenvalue weighted by molar-refractivity contribution is 5.77. The number of methoxy groups -OCH3 is 1. The molecule has 0 radical (unpaired) electrons. The maximum absolute atomic E-state index is 12.2. The molecule has 0 spiro atoms. The van der Waals surface area contributed by atoms with E-state index in [0.717, 1.165) is 12.0 Å². The van der Waals surface area contributed by atoms with Crippen LogP contribution in [0.15, 0.2) is 60.7 Å². The third-order valence-corrected chi connectivity index (χ3v) is 3.35. The molecule has 0 bridgehead atoms. The Morgan fingerprint density at radius 2 is 1.52 bits per heavy atom. The van der Waals surface area contributed by atoms with Crippen LogP contribution in [0.1, 0.15) is 11.1 Å². The Hall–Kier alpha value is -2.13. The number of benzene rings is 2. The first-order valence-corrected chi connectivity index (χ1v) is 7.14. The largest absolute Gasteiger partial charge is 0.375 e. The van der Waals surface area contributed by atoms with Gasteiger partial charge in [-0.25, -0.2) is 0 Å². The molecule has 0 aliphatic carbocycles. The molecule has 110 valence electrons. The summed E-state index contributed by atoms with van der Waals surface area (Å²) in [4.78, 5) is 14.0. The van der Waals surface area contributed by atoms with Gasteiger partial charge in [0.1, 0.15) is 6.61 Å². The van der Waals surface area contributed by atoms with Crippen molar-refractivity contribution in [2.75, 3.05) is 20.3 Å². The minimum Gasteiger partial charge on any atom is -0.375 e. The Bertz CT molecular complexity index is 540. The van der Waals surface area contributed by atoms with Gasteiger partial charge in [-0.2, -0.15) is 0 Å². The lowest BCUT2D eigenvalue weighted by Crippen LogP contribution is -2.35. The van der Waals surface area contributed by atoms with Crippen LogP contribution in [0.25, 0.3) is 0 Å². The summed E-state index contributed by atoms with van der Waals surface area (Å²) in [7, 11) is 1.55. The van der Waals surface area contributed by atoms with E-state index in [2.05, 4.69) is 12.1 Å². The average molecular weight is 283 g/mol. The molecule has 0 saturated heterocycles. The quantitative estimate of drug-likeness (QED) is 0.782. The predicted molar refractivity (Wildman–Crippen MR) is 83.9 cm³/mol. The molecule has 0 aromatic heterocycles. The molecule has 0 aliphatic heterocycles. The molecule has 21 heavy (non-hydrogen) atoms. The van der Waals surface area contributed by atoms with Crippen molar-refractivity contribution in [3.8, 4) is 0 Å². The predicted octanol–water partition coefficient (Wildman–Crippen LogP) is 2.90. The monoisotopic (exact) mass is 283 g/mol. The molecular formula is C18H21NO2. The number of rotatable bonds is 7. The first-order valence-electron chi connectivity index (χ1n) is 7.14. The van der Waals surface area contributed by atoms with Crippen LogP contribution in [0.5, 0.6) is 0 Å². The van der Waals surface area contributed by atoms with Crippen LogP contribution < -0.4 is 0 Å². The summed E-state index contributed by atoms with van der Waals surface area (Å²) in [5, 5.41) is 0. The van der Waals surface area contributed by atoms with Crippen molar-refractivity contribution in [1.29, 1.82) is 0 Å². The van der Waals surface area contributed by atoms with E-state index in [9.17, 15) is 4.79 Å². The summed E-state index contributed by atoms with van der Waals surface area (Å²) in [6, 6.07) is 20.3. The van der Waals surface area contributed by atoms with Crippen molar-refractivity contribution in [3.05, 3.63) is 71.8 Å². The van der Waals surface area contributed by atoms with Gasteiger partial charge in [0.2, 0.25) is 5.91 Å². The van der Waals surface area contributed by atoms with Gasteiger partial charge in [0.25, 0.3) is 0 Å². The second-order valence-electron chi connectivity index (χ2n) is 4.97. The lowest BCUT2D eigenvalue weighted by molar-refractivity contribution is -0.135. The molecule has 0 atom stereocenters. The Kier molecular flexibility index (Phi) is 5.98. The van der Waals surface area contributed by atoms with Crippen LogP contribution in [0.2, 0.25) is 0 Å². The van der Waals surface area contributed by atoms with Crippen molar-refractivity contribution in [2.24, 2.45) is 0 Å². The molecule has 1 amide bonds. The van der Waals surface area contributed by atoms with E-state index in [1.165, 1.54) is 5.56 Å². The van der Waals surface area contributed by atoms with Crippen LogP contribution in [-0.4, -0.2) is 31.1 Å². The fraction of sp³-hybridized carbons (Fsp3) is 0.278. The lowest BCUT2D eigenvalue weighted by Gasteiger charge is -2.22. The Morgan fingerprint density at radius 3 is 2.10 bits per heavy atom. The fourth-order valence-electron chi connectivity index (χ4n) is 2.22. The Morgan fingerprint density at radius 1 is 0.952 bits per heavy atom. The van der Waals surface area contributed by atoms with Gasteiger partial charge in [-0.05, 0) is 17.5 Å². The van der Waals surface area contributed by atoms with Crippen LogP contribution in [-0.2, 0) is 22.5 Å². The molecule has 0 aliphatic rings. The van der Waals surface area contributed by atoms with Gasteiger partial charge >= 0.3 is 0 Å². The summed E-state index contributed by atoms with van der Waals surface area (Å²) >= 11 is 0. The molecule has 2 rings (SSSR count). The average Bonchev–Trinajstić information content (AvgIpc) is 2.53. The molecule has 2 aromatic rings. The van der Waals surface area contributed by atoms with E-state index in [1.807, 2.05) is 53.4 Å². The van der Waals surface area contributed by atoms with E-state index >= 15 is 0 Å². The maximum atomic E-state index is 12.2. The van der Waals surface area contributed by atoms with Crippen molar-refractivity contribution in [1.82, 2.24) is 4.90 Å². The first-order chi connectivity index (χ1) is 10.3. The second-order valence-corrected chi connectivity index (χ2v) is 4.97. The van der Waals surface area contributed by atoms with E-state index < -0.39 is 0 Å². The smallest absolute Gasteiger partial charge is 0.248 e. The number of carbonyl (C=O) groups is 1. The van der Waals surface area contributed by atoms with E-state index in [1.54, 1.807) is 7.11 Å². The van der Waals surface area contributed by atoms with Crippen molar-refractivity contribution < 1.29 is 9.53 Å².